The Morgan fingerprint density at radius 3 is 2.74 bits per heavy atom. The molecule has 1 aromatic carbocycles. The van der Waals surface area contributed by atoms with Crippen LogP contribution in [0.5, 0.6) is 0 Å². The van der Waals surface area contributed by atoms with Gasteiger partial charge in [-0.05, 0) is 25.0 Å². The first-order valence-corrected chi connectivity index (χ1v) is 7.22. The van der Waals surface area contributed by atoms with Gasteiger partial charge in [-0.15, -0.1) is 0 Å². The number of hydrogen-bond donors (Lipinski definition) is 1. The highest BCUT2D eigenvalue weighted by molar-refractivity contribution is 6.31. The number of hydrogen-bond acceptors (Lipinski definition) is 3. The molecule has 19 heavy (non-hydrogen) atoms. The number of Topliss-reactive ketones (excluding diaryl/α,β-unsaturated/α-hetero) is 1. The molecule has 1 aliphatic carbocycles. The molecule has 0 atom stereocenters. The van der Waals surface area contributed by atoms with Crippen LogP contribution in [0.1, 0.15) is 36.0 Å². The van der Waals surface area contributed by atoms with Gasteiger partial charge in [-0.1, -0.05) is 36.6 Å². The van der Waals surface area contributed by atoms with E-state index in [1.165, 1.54) is 12.8 Å². The zero-order valence-corrected chi connectivity index (χ0v) is 11.8. The Morgan fingerprint density at radius 1 is 1.37 bits per heavy atom. The second kappa shape index (κ2) is 7.04. The summed E-state index contributed by atoms with van der Waals surface area (Å²) in [5.41, 5.74) is 0.647. The van der Waals surface area contributed by atoms with Crippen LogP contribution in [0, 0.1) is 0 Å². The van der Waals surface area contributed by atoms with Crippen molar-refractivity contribution in [1.82, 2.24) is 4.90 Å². The molecular formula is C15H20ClNO2. The predicted molar refractivity (Wildman–Crippen MR) is 76.7 cm³/mol. The fourth-order valence-electron chi connectivity index (χ4n) is 2.73. The normalized spacial score (nSPS) is 16.2. The third-order valence-corrected chi connectivity index (χ3v) is 3.96. The molecule has 3 nitrogen and oxygen atoms in total. The topological polar surface area (TPSA) is 40.5 Å². The minimum atomic E-state index is 0.0721. The second-order valence-corrected chi connectivity index (χ2v) is 5.50. The van der Waals surface area contributed by atoms with Crippen molar-refractivity contribution in [2.24, 2.45) is 0 Å². The molecule has 0 aliphatic heterocycles. The van der Waals surface area contributed by atoms with Crippen LogP contribution in [0.4, 0.5) is 0 Å². The Hall–Kier alpha value is -0.900. The average molecular weight is 282 g/mol. The number of nitrogens with zero attached hydrogens (tertiary/aromatic N) is 1. The molecule has 2 rings (SSSR count). The summed E-state index contributed by atoms with van der Waals surface area (Å²) in [6, 6.07) is 7.49. The lowest BCUT2D eigenvalue weighted by atomic mass is 10.1. The summed E-state index contributed by atoms with van der Waals surface area (Å²) >= 11 is 5.91. The average Bonchev–Trinajstić information content (AvgIpc) is 2.92. The van der Waals surface area contributed by atoms with E-state index in [9.17, 15) is 4.79 Å². The van der Waals surface area contributed by atoms with Crippen LogP contribution in [0.3, 0.4) is 0 Å². The van der Waals surface area contributed by atoms with Gasteiger partial charge in [0.05, 0.1) is 13.2 Å². The van der Waals surface area contributed by atoms with Crippen LogP contribution in [0.15, 0.2) is 24.3 Å². The second-order valence-electron chi connectivity index (χ2n) is 5.07. The molecule has 0 spiro atoms. The summed E-state index contributed by atoms with van der Waals surface area (Å²) in [5.74, 6) is 0.0721. The minimum absolute atomic E-state index is 0.0721. The Balaban J connectivity index is 2.01. The van der Waals surface area contributed by atoms with Crippen molar-refractivity contribution in [2.45, 2.75) is 31.7 Å². The Labute approximate surface area is 119 Å². The van der Waals surface area contributed by atoms with Gasteiger partial charge in [-0.25, -0.2) is 0 Å². The van der Waals surface area contributed by atoms with Crippen molar-refractivity contribution in [2.75, 3.05) is 19.7 Å². The summed E-state index contributed by atoms with van der Waals surface area (Å²) in [7, 11) is 0. The van der Waals surface area contributed by atoms with Crippen LogP contribution in [-0.2, 0) is 0 Å². The number of halogens is 1. The van der Waals surface area contributed by atoms with E-state index in [0.717, 1.165) is 12.8 Å². The Kier molecular flexibility index (Phi) is 5.37. The summed E-state index contributed by atoms with van der Waals surface area (Å²) < 4.78 is 0. The molecule has 1 saturated carbocycles. The number of carbonyl (C=O) groups is 1. The van der Waals surface area contributed by atoms with Crippen molar-refractivity contribution < 1.29 is 9.90 Å². The maximum atomic E-state index is 12.3. The van der Waals surface area contributed by atoms with E-state index in [1.54, 1.807) is 24.3 Å². The van der Waals surface area contributed by atoms with E-state index >= 15 is 0 Å². The zero-order valence-electron chi connectivity index (χ0n) is 11.0. The summed E-state index contributed by atoms with van der Waals surface area (Å²) in [5, 5.41) is 9.73. The molecule has 0 radical (unpaired) electrons. The largest absolute Gasteiger partial charge is 0.395 e. The van der Waals surface area contributed by atoms with E-state index in [4.69, 9.17) is 16.7 Å². The first kappa shape index (κ1) is 14.5. The highest BCUT2D eigenvalue weighted by atomic mass is 35.5. The lowest BCUT2D eigenvalue weighted by Gasteiger charge is -2.27. The minimum Gasteiger partial charge on any atom is -0.395 e. The quantitative estimate of drug-likeness (QED) is 0.815. The molecule has 0 heterocycles. The number of rotatable bonds is 6. The lowest BCUT2D eigenvalue weighted by molar-refractivity contribution is 0.0862. The highest BCUT2D eigenvalue weighted by Gasteiger charge is 2.24. The van der Waals surface area contributed by atoms with Crippen molar-refractivity contribution in [3.63, 3.8) is 0 Å². The maximum Gasteiger partial charge on any atom is 0.176 e. The number of carbonyl (C=O) groups excluding carboxylic acids is 1. The summed E-state index contributed by atoms with van der Waals surface area (Å²) in [4.78, 5) is 14.4. The molecule has 104 valence electrons. The highest BCUT2D eigenvalue weighted by Crippen LogP contribution is 2.23. The Morgan fingerprint density at radius 2 is 2.11 bits per heavy atom. The molecular weight excluding hydrogens is 262 g/mol. The van der Waals surface area contributed by atoms with E-state index in [1.807, 2.05) is 0 Å². The van der Waals surface area contributed by atoms with Crippen LogP contribution in [-0.4, -0.2) is 41.5 Å². The van der Waals surface area contributed by atoms with Crippen LogP contribution < -0.4 is 0 Å². The van der Waals surface area contributed by atoms with Gasteiger partial charge in [0.1, 0.15) is 0 Å². The molecule has 0 saturated heterocycles. The van der Waals surface area contributed by atoms with E-state index in [-0.39, 0.29) is 12.4 Å². The van der Waals surface area contributed by atoms with Crippen molar-refractivity contribution in [1.29, 1.82) is 0 Å². The van der Waals surface area contributed by atoms with Gasteiger partial charge in [-0.3, -0.25) is 9.69 Å². The maximum absolute atomic E-state index is 12.3. The number of aliphatic hydroxyl groups excluding tert-OH is 1. The molecule has 1 aliphatic rings. The van der Waals surface area contributed by atoms with Crippen molar-refractivity contribution in [3.05, 3.63) is 34.9 Å². The van der Waals surface area contributed by atoms with Crippen molar-refractivity contribution >= 4 is 17.4 Å². The van der Waals surface area contributed by atoms with Crippen LogP contribution in [0.25, 0.3) is 0 Å². The lowest BCUT2D eigenvalue weighted by Crippen LogP contribution is -2.39. The van der Waals surface area contributed by atoms with Gasteiger partial charge < -0.3 is 5.11 Å². The third-order valence-electron chi connectivity index (χ3n) is 3.72. The SMILES string of the molecule is O=C(CN(CCO)C1CCCC1)c1cccc(Cl)c1. The van der Waals surface area contributed by atoms with Gasteiger partial charge >= 0.3 is 0 Å². The standard InChI is InChI=1S/C15H20ClNO2/c16-13-5-3-4-12(10-13)15(19)11-17(8-9-18)14-6-1-2-7-14/h3-5,10,14,18H,1-2,6-9,11H2. The molecule has 1 N–H and O–H groups in total. The van der Waals surface area contributed by atoms with Gasteiger partial charge in [0.2, 0.25) is 0 Å². The zero-order chi connectivity index (χ0) is 13.7. The van der Waals surface area contributed by atoms with Crippen molar-refractivity contribution in [3.8, 4) is 0 Å². The fraction of sp³-hybridized carbons (Fsp3) is 0.533. The summed E-state index contributed by atoms with van der Waals surface area (Å²) in [6.07, 6.45) is 4.70. The monoisotopic (exact) mass is 281 g/mol. The van der Waals surface area contributed by atoms with Gasteiger partial charge in [0, 0.05) is 23.2 Å². The molecule has 0 bridgehead atoms. The van der Waals surface area contributed by atoms with Gasteiger partial charge in [0.25, 0.3) is 0 Å². The van der Waals surface area contributed by atoms with Crippen LogP contribution >= 0.6 is 11.6 Å². The predicted octanol–water partition coefficient (Wildman–Crippen LogP) is 2.76. The molecule has 0 aromatic heterocycles. The van der Waals surface area contributed by atoms with E-state index in [2.05, 4.69) is 4.90 Å². The van der Waals surface area contributed by atoms with E-state index in [0.29, 0.717) is 29.7 Å². The van der Waals surface area contributed by atoms with Crippen LogP contribution in [0.2, 0.25) is 5.02 Å². The molecule has 4 heteroatoms. The smallest absolute Gasteiger partial charge is 0.176 e. The third kappa shape index (κ3) is 4.03. The van der Waals surface area contributed by atoms with E-state index < -0.39 is 0 Å². The number of benzene rings is 1. The first-order valence-electron chi connectivity index (χ1n) is 6.84. The molecule has 0 amide bonds. The van der Waals surface area contributed by atoms with Gasteiger partial charge in [-0.2, -0.15) is 0 Å². The number of ketones is 1. The fourth-order valence-corrected chi connectivity index (χ4v) is 2.92. The Bertz CT molecular complexity index is 430. The first-order chi connectivity index (χ1) is 9.20. The molecule has 1 fully saturated rings. The summed E-state index contributed by atoms with van der Waals surface area (Å²) in [6.45, 7) is 1.03. The number of aliphatic hydroxyl groups is 1. The molecule has 0 unspecified atom stereocenters. The molecule has 1 aromatic rings. The van der Waals surface area contributed by atoms with Gasteiger partial charge in [0.15, 0.2) is 5.78 Å².